The molecule has 0 fully saturated rings. The van der Waals surface area contributed by atoms with Gasteiger partial charge in [0.15, 0.2) is 11.5 Å². The quantitative estimate of drug-likeness (QED) is 0.606. The Bertz CT molecular complexity index is 974. The first-order valence-corrected chi connectivity index (χ1v) is 8.99. The van der Waals surface area contributed by atoms with Crippen LogP contribution in [0.4, 0.5) is 11.5 Å². The lowest BCUT2D eigenvalue weighted by molar-refractivity contribution is 0.0951. The van der Waals surface area contributed by atoms with Crippen LogP contribution < -0.4 is 24.8 Å². The van der Waals surface area contributed by atoms with Crippen molar-refractivity contribution in [2.75, 3.05) is 26.6 Å². The molecule has 1 aromatic heterocycles. The highest BCUT2D eigenvalue weighted by atomic mass is 16.5. The molecule has 0 aliphatic carbocycles. The number of ether oxygens (including phenoxy) is 3. The SMILES string of the molecule is COc1ccc(Nc2cc(C(=O)NCc3ccc(OC)c(OC)c3)ccn2)cc1. The van der Waals surface area contributed by atoms with Gasteiger partial charge in [0.05, 0.1) is 21.3 Å². The van der Waals surface area contributed by atoms with Crippen molar-refractivity contribution in [1.82, 2.24) is 10.3 Å². The number of anilines is 2. The molecule has 0 saturated heterocycles. The Morgan fingerprint density at radius 2 is 1.66 bits per heavy atom. The summed E-state index contributed by atoms with van der Waals surface area (Å²) in [5, 5.41) is 6.08. The molecule has 0 aliphatic rings. The minimum atomic E-state index is -0.194. The van der Waals surface area contributed by atoms with Gasteiger partial charge >= 0.3 is 0 Å². The second-order valence-corrected chi connectivity index (χ2v) is 6.16. The lowest BCUT2D eigenvalue weighted by Crippen LogP contribution is -2.23. The van der Waals surface area contributed by atoms with Crippen molar-refractivity contribution >= 4 is 17.4 Å². The molecule has 2 aromatic carbocycles. The third-order valence-corrected chi connectivity index (χ3v) is 4.29. The van der Waals surface area contributed by atoms with Crippen LogP contribution in [0.25, 0.3) is 0 Å². The zero-order valence-corrected chi connectivity index (χ0v) is 16.6. The number of carbonyl (C=O) groups is 1. The number of pyridine rings is 1. The van der Waals surface area contributed by atoms with E-state index < -0.39 is 0 Å². The third kappa shape index (κ3) is 5.16. The summed E-state index contributed by atoms with van der Waals surface area (Å²) >= 11 is 0. The Labute approximate surface area is 169 Å². The van der Waals surface area contributed by atoms with Crippen LogP contribution in [0.2, 0.25) is 0 Å². The number of hydrogen-bond acceptors (Lipinski definition) is 6. The second-order valence-electron chi connectivity index (χ2n) is 6.16. The zero-order valence-electron chi connectivity index (χ0n) is 16.6. The third-order valence-electron chi connectivity index (χ3n) is 4.29. The smallest absolute Gasteiger partial charge is 0.251 e. The summed E-state index contributed by atoms with van der Waals surface area (Å²) in [4.78, 5) is 16.8. The number of methoxy groups -OCH3 is 3. The van der Waals surface area contributed by atoms with E-state index in [2.05, 4.69) is 15.6 Å². The van der Waals surface area contributed by atoms with Gasteiger partial charge in [0.1, 0.15) is 11.6 Å². The van der Waals surface area contributed by atoms with E-state index in [9.17, 15) is 4.79 Å². The fraction of sp³-hybridized carbons (Fsp3) is 0.182. The number of amides is 1. The van der Waals surface area contributed by atoms with Crippen LogP contribution in [0.3, 0.4) is 0 Å². The molecular weight excluding hydrogens is 370 g/mol. The van der Waals surface area contributed by atoms with E-state index in [0.29, 0.717) is 29.4 Å². The van der Waals surface area contributed by atoms with Crippen LogP contribution in [0.15, 0.2) is 60.8 Å². The largest absolute Gasteiger partial charge is 0.497 e. The summed E-state index contributed by atoms with van der Waals surface area (Å²) in [7, 11) is 4.78. The summed E-state index contributed by atoms with van der Waals surface area (Å²) in [6.45, 7) is 0.364. The highest BCUT2D eigenvalue weighted by molar-refractivity contribution is 5.94. The molecule has 0 saturated carbocycles. The van der Waals surface area contributed by atoms with Gasteiger partial charge in [-0.1, -0.05) is 6.07 Å². The number of aromatic nitrogens is 1. The van der Waals surface area contributed by atoms with Gasteiger partial charge in [0, 0.05) is 24.0 Å². The first-order valence-electron chi connectivity index (χ1n) is 8.99. The lowest BCUT2D eigenvalue weighted by Gasteiger charge is -2.11. The average molecular weight is 393 g/mol. The molecule has 0 bridgehead atoms. The molecule has 0 spiro atoms. The van der Waals surface area contributed by atoms with Crippen molar-refractivity contribution in [2.24, 2.45) is 0 Å². The number of benzene rings is 2. The van der Waals surface area contributed by atoms with Gasteiger partial charge in [-0.05, 0) is 54.1 Å². The number of rotatable bonds is 8. The van der Waals surface area contributed by atoms with Crippen molar-refractivity contribution in [3.8, 4) is 17.2 Å². The molecule has 0 radical (unpaired) electrons. The summed E-state index contributed by atoms with van der Waals surface area (Å²) in [6.07, 6.45) is 1.59. The highest BCUT2D eigenvalue weighted by Gasteiger charge is 2.09. The van der Waals surface area contributed by atoms with E-state index in [0.717, 1.165) is 17.0 Å². The predicted molar refractivity (Wildman–Crippen MR) is 111 cm³/mol. The maximum absolute atomic E-state index is 12.5. The van der Waals surface area contributed by atoms with E-state index in [4.69, 9.17) is 14.2 Å². The van der Waals surface area contributed by atoms with Gasteiger partial charge in [0.2, 0.25) is 0 Å². The minimum absolute atomic E-state index is 0.194. The molecule has 0 aliphatic heterocycles. The maximum Gasteiger partial charge on any atom is 0.251 e. The van der Waals surface area contributed by atoms with Gasteiger partial charge in [0.25, 0.3) is 5.91 Å². The molecular formula is C22H23N3O4. The number of carbonyl (C=O) groups excluding carboxylic acids is 1. The number of nitrogens with zero attached hydrogens (tertiary/aromatic N) is 1. The normalized spacial score (nSPS) is 10.2. The summed E-state index contributed by atoms with van der Waals surface area (Å²) < 4.78 is 15.7. The van der Waals surface area contributed by atoms with Crippen molar-refractivity contribution in [3.05, 3.63) is 71.9 Å². The molecule has 3 rings (SSSR count). The summed E-state index contributed by atoms with van der Waals surface area (Å²) in [5.41, 5.74) is 2.26. The Morgan fingerprint density at radius 1 is 0.897 bits per heavy atom. The predicted octanol–water partition coefficient (Wildman–Crippen LogP) is 3.78. The molecule has 150 valence electrons. The fourth-order valence-corrected chi connectivity index (χ4v) is 2.74. The lowest BCUT2D eigenvalue weighted by atomic mass is 10.2. The standard InChI is InChI=1S/C22H23N3O4/c1-27-18-7-5-17(6-8-18)25-21-13-16(10-11-23-21)22(26)24-14-15-4-9-19(28-2)20(12-15)29-3/h4-13H,14H2,1-3H3,(H,23,25)(H,24,26). The average Bonchev–Trinajstić information content (AvgIpc) is 2.78. The van der Waals surface area contributed by atoms with Crippen LogP contribution in [0.5, 0.6) is 17.2 Å². The number of hydrogen-bond donors (Lipinski definition) is 2. The Hall–Kier alpha value is -3.74. The molecule has 7 nitrogen and oxygen atoms in total. The molecule has 29 heavy (non-hydrogen) atoms. The molecule has 2 N–H and O–H groups in total. The first-order chi connectivity index (χ1) is 14.1. The Balaban J connectivity index is 1.64. The van der Waals surface area contributed by atoms with E-state index in [1.165, 1.54) is 0 Å². The summed E-state index contributed by atoms with van der Waals surface area (Å²) in [6, 6.07) is 16.4. The van der Waals surface area contributed by atoms with E-state index in [1.807, 2.05) is 42.5 Å². The van der Waals surface area contributed by atoms with E-state index in [1.54, 1.807) is 39.7 Å². The topological polar surface area (TPSA) is 81.7 Å². The van der Waals surface area contributed by atoms with Crippen LogP contribution in [-0.2, 0) is 6.54 Å². The van der Waals surface area contributed by atoms with Crippen molar-refractivity contribution in [2.45, 2.75) is 6.54 Å². The second kappa shape index (κ2) is 9.45. The fourth-order valence-electron chi connectivity index (χ4n) is 2.74. The van der Waals surface area contributed by atoms with E-state index >= 15 is 0 Å². The highest BCUT2D eigenvalue weighted by Crippen LogP contribution is 2.27. The van der Waals surface area contributed by atoms with Crippen molar-refractivity contribution in [1.29, 1.82) is 0 Å². The maximum atomic E-state index is 12.5. The Kier molecular flexibility index (Phi) is 6.52. The van der Waals surface area contributed by atoms with Crippen molar-refractivity contribution in [3.63, 3.8) is 0 Å². The van der Waals surface area contributed by atoms with Crippen molar-refractivity contribution < 1.29 is 19.0 Å². The van der Waals surface area contributed by atoms with Gasteiger partial charge in [-0.25, -0.2) is 4.98 Å². The molecule has 0 unspecified atom stereocenters. The molecule has 0 atom stereocenters. The summed E-state index contributed by atoms with van der Waals surface area (Å²) in [5.74, 6) is 2.42. The van der Waals surface area contributed by atoms with Gasteiger partial charge < -0.3 is 24.8 Å². The minimum Gasteiger partial charge on any atom is -0.497 e. The van der Waals surface area contributed by atoms with Crippen LogP contribution in [-0.4, -0.2) is 32.2 Å². The Morgan fingerprint density at radius 3 is 2.34 bits per heavy atom. The van der Waals surface area contributed by atoms with Crippen LogP contribution in [0.1, 0.15) is 15.9 Å². The monoisotopic (exact) mass is 393 g/mol. The van der Waals surface area contributed by atoms with Gasteiger partial charge in [-0.3, -0.25) is 4.79 Å². The first kappa shape index (κ1) is 20.0. The van der Waals surface area contributed by atoms with Crippen LogP contribution in [0, 0.1) is 0 Å². The number of nitrogens with one attached hydrogen (secondary N) is 2. The van der Waals surface area contributed by atoms with Gasteiger partial charge in [-0.15, -0.1) is 0 Å². The molecule has 3 aromatic rings. The van der Waals surface area contributed by atoms with Gasteiger partial charge in [-0.2, -0.15) is 0 Å². The molecule has 1 amide bonds. The molecule has 1 heterocycles. The van der Waals surface area contributed by atoms with E-state index in [-0.39, 0.29) is 5.91 Å². The van der Waals surface area contributed by atoms with Crippen LogP contribution >= 0.6 is 0 Å². The zero-order chi connectivity index (χ0) is 20.6. The molecule has 7 heteroatoms.